The summed E-state index contributed by atoms with van der Waals surface area (Å²) in [5.41, 5.74) is 1.54. The number of benzene rings is 2. The number of amides is 2. The van der Waals surface area contributed by atoms with Gasteiger partial charge in [-0.15, -0.1) is 0 Å². The van der Waals surface area contributed by atoms with Gasteiger partial charge in [0, 0.05) is 42.4 Å². The highest BCUT2D eigenvalue weighted by Gasteiger charge is 2.23. The molecule has 2 fully saturated rings. The molecular weight excluding hydrogens is 501 g/mol. The lowest BCUT2D eigenvalue weighted by Gasteiger charge is -2.25. The predicted molar refractivity (Wildman–Crippen MR) is 138 cm³/mol. The lowest BCUT2D eigenvalue weighted by molar-refractivity contribution is -0.130. The van der Waals surface area contributed by atoms with Crippen molar-refractivity contribution in [3.63, 3.8) is 0 Å². The molecule has 9 nitrogen and oxygen atoms in total. The molecule has 2 N–H and O–H groups in total. The Morgan fingerprint density at radius 2 is 1.97 bits per heavy atom. The van der Waals surface area contributed by atoms with Crippen LogP contribution in [0.3, 0.4) is 0 Å². The standard InChI is InChI=1S/C26H25ClFN5O4/c27-19-11-17(3-4-20(19)28)31-26-18-12-22(23(37-14-16-1-2-16)13-21(18)29-15-30-26)32-24(34)5-6-25(35)33-7-9-36-10-8-33/h3-6,11-13,15-16H,1-2,7-10,14H2,(H,32,34)(H,29,30,31)/b6-5+. The summed E-state index contributed by atoms with van der Waals surface area (Å²) in [4.78, 5) is 35.4. The summed E-state index contributed by atoms with van der Waals surface area (Å²) in [7, 11) is 0. The Balaban J connectivity index is 1.40. The third kappa shape index (κ3) is 6.33. The summed E-state index contributed by atoms with van der Waals surface area (Å²) in [5.74, 6) is 0.150. The minimum Gasteiger partial charge on any atom is -0.491 e. The number of hydrogen-bond donors (Lipinski definition) is 2. The lowest BCUT2D eigenvalue weighted by Crippen LogP contribution is -2.39. The Morgan fingerprint density at radius 3 is 2.73 bits per heavy atom. The summed E-state index contributed by atoms with van der Waals surface area (Å²) >= 11 is 5.92. The fourth-order valence-corrected chi connectivity index (χ4v) is 3.99. The zero-order valence-corrected chi connectivity index (χ0v) is 20.6. The maximum atomic E-state index is 13.6. The Bertz CT molecular complexity index is 1360. The maximum Gasteiger partial charge on any atom is 0.248 e. The minimum absolute atomic E-state index is 0.0227. The van der Waals surface area contributed by atoms with Crippen molar-refractivity contribution in [2.24, 2.45) is 5.92 Å². The number of nitrogens with one attached hydrogen (secondary N) is 2. The van der Waals surface area contributed by atoms with E-state index < -0.39 is 11.7 Å². The van der Waals surface area contributed by atoms with Crippen LogP contribution in [-0.2, 0) is 14.3 Å². The van der Waals surface area contributed by atoms with E-state index in [-0.39, 0.29) is 10.9 Å². The molecular formula is C26H25ClFN5O4. The van der Waals surface area contributed by atoms with Gasteiger partial charge in [-0.1, -0.05) is 11.6 Å². The number of aromatic nitrogens is 2. The largest absolute Gasteiger partial charge is 0.491 e. The van der Waals surface area contributed by atoms with Gasteiger partial charge >= 0.3 is 0 Å². The van der Waals surface area contributed by atoms with Crippen LogP contribution < -0.4 is 15.4 Å². The van der Waals surface area contributed by atoms with E-state index >= 15 is 0 Å². The average molecular weight is 526 g/mol. The smallest absolute Gasteiger partial charge is 0.248 e. The topological polar surface area (TPSA) is 106 Å². The fourth-order valence-electron chi connectivity index (χ4n) is 3.81. The first-order valence-corrected chi connectivity index (χ1v) is 12.3. The molecule has 1 saturated heterocycles. The van der Waals surface area contributed by atoms with Crippen LogP contribution in [0.2, 0.25) is 5.02 Å². The molecule has 1 aliphatic heterocycles. The van der Waals surface area contributed by atoms with Crippen molar-refractivity contribution < 1.29 is 23.5 Å². The van der Waals surface area contributed by atoms with Gasteiger partial charge in [0.2, 0.25) is 11.8 Å². The number of anilines is 3. The van der Waals surface area contributed by atoms with Gasteiger partial charge in [0.25, 0.3) is 0 Å². The van der Waals surface area contributed by atoms with Gasteiger partial charge in [-0.05, 0) is 43.0 Å². The van der Waals surface area contributed by atoms with E-state index in [2.05, 4.69) is 20.6 Å². The molecule has 2 heterocycles. The second-order valence-electron chi connectivity index (χ2n) is 8.86. The molecule has 37 heavy (non-hydrogen) atoms. The van der Waals surface area contributed by atoms with Crippen LogP contribution in [0.15, 0.2) is 48.8 Å². The number of carbonyl (C=O) groups is 2. The van der Waals surface area contributed by atoms with E-state index in [1.807, 2.05) is 0 Å². The van der Waals surface area contributed by atoms with Gasteiger partial charge in [0.15, 0.2) is 0 Å². The predicted octanol–water partition coefficient (Wildman–Crippen LogP) is 4.31. The van der Waals surface area contributed by atoms with E-state index in [0.29, 0.717) is 72.7 Å². The van der Waals surface area contributed by atoms with Crippen LogP contribution in [0.5, 0.6) is 5.75 Å². The highest BCUT2D eigenvalue weighted by molar-refractivity contribution is 6.31. The van der Waals surface area contributed by atoms with E-state index in [0.717, 1.165) is 12.8 Å². The van der Waals surface area contributed by atoms with Crippen LogP contribution in [-0.4, -0.2) is 59.6 Å². The minimum atomic E-state index is -0.526. The molecule has 1 saturated carbocycles. The molecule has 0 unspecified atom stereocenters. The number of nitrogens with zero attached hydrogens (tertiary/aromatic N) is 3. The van der Waals surface area contributed by atoms with Crippen molar-refractivity contribution in [1.29, 1.82) is 0 Å². The van der Waals surface area contributed by atoms with Crippen LogP contribution in [0.4, 0.5) is 21.6 Å². The molecule has 0 radical (unpaired) electrons. The van der Waals surface area contributed by atoms with Crippen molar-refractivity contribution >= 4 is 51.5 Å². The average Bonchev–Trinajstić information content (AvgIpc) is 3.74. The zero-order valence-electron chi connectivity index (χ0n) is 19.9. The van der Waals surface area contributed by atoms with Crippen molar-refractivity contribution in [3.05, 3.63) is 59.7 Å². The Labute approximate surface area is 217 Å². The quantitative estimate of drug-likeness (QED) is 0.422. The molecule has 5 rings (SSSR count). The maximum absolute atomic E-state index is 13.6. The first kappa shape index (κ1) is 24.9. The summed E-state index contributed by atoms with van der Waals surface area (Å²) < 4.78 is 24.9. The summed E-state index contributed by atoms with van der Waals surface area (Å²) in [6.07, 6.45) is 6.07. The molecule has 2 amide bonds. The van der Waals surface area contributed by atoms with Gasteiger partial charge in [0.05, 0.1) is 36.0 Å². The van der Waals surface area contributed by atoms with E-state index in [9.17, 15) is 14.0 Å². The molecule has 192 valence electrons. The van der Waals surface area contributed by atoms with Crippen molar-refractivity contribution in [2.75, 3.05) is 43.5 Å². The Morgan fingerprint density at radius 1 is 1.16 bits per heavy atom. The number of halogens is 2. The number of hydrogen-bond acceptors (Lipinski definition) is 7. The number of fused-ring (bicyclic) bond motifs is 1. The van der Waals surface area contributed by atoms with E-state index in [4.69, 9.17) is 21.1 Å². The van der Waals surface area contributed by atoms with Crippen molar-refractivity contribution in [3.8, 4) is 5.75 Å². The van der Waals surface area contributed by atoms with Crippen molar-refractivity contribution in [2.45, 2.75) is 12.8 Å². The Kier molecular flexibility index (Phi) is 7.47. The molecule has 0 atom stereocenters. The van der Waals surface area contributed by atoms with Crippen LogP contribution in [0.25, 0.3) is 10.9 Å². The number of ether oxygens (including phenoxy) is 2. The third-order valence-electron chi connectivity index (χ3n) is 6.05. The van der Waals surface area contributed by atoms with Gasteiger partial charge in [0.1, 0.15) is 23.7 Å². The molecule has 3 aromatic rings. The van der Waals surface area contributed by atoms with Crippen LogP contribution >= 0.6 is 11.6 Å². The molecule has 2 aliphatic rings. The summed E-state index contributed by atoms with van der Waals surface area (Å²) in [6, 6.07) is 7.70. The second kappa shape index (κ2) is 11.1. The first-order chi connectivity index (χ1) is 18.0. The highest BCUT2D eigenvalue weighted by Crippen LogP contribution is 2.36. The van der Waals surface area contributed by atoms with Gasteiger partial charge in [-0.3, -0.25) is 9.59 Å². The first-order valence-electron chi connectivity index (χ1n) is 12.0. The van der Waals surface area contributed by atoms with Gasteiger partial charge in [-0.25, -0.2) is 14.4 Å². The van der Waals surface area contributed by atoms with E-state index in [1.165, 1.54) is 30.6 Å². The summed E-state index contributed by atoms with van der Waals surface area (Å²) in [6.45, 7) is 2.47. The van der Waals surface area contributed by atoms with E-state index in [1.54, 1.807) is 23.1 Å². The van der Waals surface area contributed by atoms with Crippen LogP contribution in [0, 0.1) is 11.7 Å². The fraction of sp³-hybridized carbons (Fsp3) is 0.308. The third-order valence-corrected chi connectivity index (χ3v) is 6.34. The highest BCUT2D eigenvalue weighted by atomic mass is 35.5. The SMILES string of the molecule is O=C(/C=C/C(=O)N1CCOCC1)Nc1cc2c(Nc3ccc(F)c(Cl)c3)ncnc2cc1OCC1CC1. The molecule has 11 heteroatoms. The molecule has 1 aliphatic carbocycles. The van der Waals surface area contributed by atoms with Gasteiger partial charge < -0.3 is 25.0 Å². The normalized spacial score (nSPS) is 15.7. The molecule has 0 spiro atoms. The monoisotopic (exact) mass is 525 g/mol. The summed E-state index contributed by atoms with van der Waals surface area (Å²) in [5, 5.41) is 6.51. The molecule has 2 aromatic carbocycles. The molecule has 0 bridgehead atoms. The number of carbonyl (C=O) groups excluding carboxylic acids is 2. The van der Waals surface area contributed by atoms with Crippen LogP contribution in [0.1, 0.15) is 12.8 Å². The molecule has 1 aromatic heterocycles. The van der Waals surface area contributed by atoms with Gasteiger partial charge in [-0.2, -0.15) is 0 Å². The zero-order chi connectivity index (χ0) is 25.8. The lowest BCUT2D eigenvalue weighted by atomic mass is 10.1. The number of morpholine rings is 1. The second-order valence-corrected chi connectivity index (χ2v) is 9.26. The number of rotatable bonds is 8. The van der Waals surface area contributed by atoms with Crippen molar-refractivity contribution in [1.82, 2.24) is 14.9 Å². The Hall–Kier alpha value is -3.76.